The predicted molar refractivity (Wildman–Crippen MR) is 95.3 cm³/mol. The van der Waals surface area contributed by atoms with Gasteiger partial charge in [0.05, 0.1) is 18.9 Å². The van der Waals surface area contributed by atoms with Crippen molar-refractivity contribution in [1.29, 1.82) is 0 Å². The highest BCUT2D eigenvalue weighted by molar-refractivity contribution is 5.92. The van der Waals surface area contributed by atoms with Gasteiger partial charge in [-0.2, -0.15) is 5.10 Å². The van der Waals surface area contributed by atoms with Crippen LogP contribution in [-0.2, 0) is 17.7 Å². The maximum absolute atomic E-state index is 12.9. The van der Waals surface area contributed by atoms with Gasteiger partial charge in [-0.3, -0.25) is 14.4 Å². The van der Waals surface area contributed by atoms with Crippen molar-refractivity contribution in [2.24, 2.45) is 5.92 Å². The number of morpholine rings is 1. The summed E-state index contributed by atoms with van der Waals surface area (Å²) >= 11 is 0. The summed E-state index contributed by atoms with van der Waals surface area (Å²) in [6, 6.07) is 1.98. The van der Waals surface area contributed by atoms with Gasteiger partial charge in [-0.25, -0.2) is 0 Å². The summed E-state index contributed by atoms with van der Waals surface area (Å²) in [7, 11) is 0. The van der Waals surface area contributed by atoms with Crippen LogP contribution in [0.1, 0.15) is 43.9 Å². The molecular formula is C18H32N4O2. The molecule has 2 rings (SSSR count). The standard InChI is InChI=1S/C18H32N4O2/c1-5-21(8-7-20-9-11-24-12-10-20)18(23)17-14-16(13-15(3)4)19-22(17)6-2/h14-15H,5-13H2,1-4H3. The second-order valence-corrected chi connectivity index (χ2v) is 6.77. The van der Waals surface area contributed by atoms with Crippen LogP contribution < -0.4 is 0 Å². The third-order valence-corrected chi connectivity index (χ3v) is 4.43. The Morgan fingerprint density at radius 2 is 2.04 bits per heavy atom. The molecule has 1 aromatic heterocycles. The Bertz CT molecular complexity index is 521. The molecule has 0 aromatic carbocycles. The molecule has 0 atom stereocenters. The van der Waals surface area contributed by atoms with Crippen molar-refractivity contribution >= 4 is 5.91 Å². The van der Waals surface area contributed by atoms with Crippen molar-refractivity contribution in [2.75, 3.05) is 45.9 Å². The van der Waals surface area contributed by atoms with Crippen molar-refractivity contribution in [2.45, 2.75) is 40.7 Å². The first-order valence-electron chi connectivity index (χ1n) is 9.21. The van der Waals surface area contributed by atoms with Crippen LogP contribution in [-0.4, -0.2) is 71.4 Å². The molecule has 0 unspecified atom stereocenters. The van der Waals surface area contributed by atoms with Gasteiger partial charge >= 0.3 is 0 Å². The van der Waals surface area contributed by atoms with Crippen molar-refractivity contribution in [3.63, 3.8) is 0 Å². The number of amides is 1. The Kier molecular flexibility index (Phi) is 7.24. The van der Waals surface area contributed by atoms with Crippen LogP contribution in [0.15, 0.2) is 6.07 Å². The maximum Gasteiger partial charge on any atom is 0.272 e. The monoisotopic (exact) mass is 336 g/mol. The zero-order valence-corrected chi connectivity index (χ0v) is 15.6. The number of likely N-dealkylation sites (N-methyl/N-ethyl adjacent to an activating group) is 1. The minimum atomic E-state index is 0.0927. The van der Waals surface area contributed by atoms with Crippen molar-refractivity contribution < 1.29 is 9.53 Å². The number of ether oxygens (including phenoxy) is 1. The topological polar surface area (TPSA) is 50.6 Å². The summed E-state index contributed by atoms with van der Waals surface area (Å²) in [5.41, 5.74) is 1.73. The summed E-state index contributed by atoms with van der Waals surface area (Å²) in [6.07, 6.45) is 0.910. The molecule has 24 heavy (non-hydrogen) atoms. The molecule has 6 nitrogen and oxygen atoms in total. The second kappa shape index (κ2) is 9.18. The summed E-state index contributed by atoms with van der Waals surface area (Å²) in [5, 5.41) is 4.60. The SMILES string of the molecule is CCN(CCN1CCOCC1)C(=O)c1cc(CC(C)C)nn1CC. The lowest BCUT2D eigenvalue weighted by Gasteiger charge is -2.29. The van der Waals surface area contributed by atoms with E-state index in [1.165, 1.54) is 0 Å². The quantitative estimate of drug-likeness (QED) is 0.727. The lowest BCUT2D eigenvalue weighted by atomic mass is 10.1. The van der Waals surface area contributed by atoms with Crippen LogP contribution in [0.4, 0.5) is 0 Å². The Morgan fingerprint density at radius 3 is 2.62 bits per heavy atom. The molecule has 1 fully saturated rings. The molecule has 1 aliphatic rings. The van der Waals surface area contributed by atoms with Crippen molar-refractivity contribution in [3.8, 4) is 0 Å². The largest absolute Gasteiger partial charge is 0.379 e. The Hall–Kier alpha value is -1.40. The fraction of sp³-hybridized carbons (Fsp3) is 0.778. The smallest absolute Gasteiger partial charge is 0.272 e. The zero-order valence-electron chi connectivity index (χ0n) is 15.6. The third-order valence-electron chi connectivity index (χ3n) is 4.43. The molecule has 136 valence electrons. The van der Waals surface area contributed by atoms with E-state index < -0.39 is 0 Å². The van der Waals surface area contributed by atoms with E-state index in [2.05, 4.69) is 23.8 Å². The van der Waals surface area contributed by atoms with Crippen LogP contribution in [0, 0.1) is 5.92 Å². The van der Waals surface area contributed by atoms with E-state index in [1.54, 1.807) is 0 Å². The minimum Gasteiger partial charge on any atom is -0.379 e. The highest BCUT2D eigenvalue weighted by atomic mass is 16.5. The number of carbonyl (C=O) groups is 1. The van der Waals surface area contributed by atoms with Gasteiger partial charge in [0.15, 0.2) is 0 Å². The molecule has 1 amide bonds. The molecule has 1 aromatic rings. The predicted octanol–water partition coefficient (Wildman–Crippen LogP) is 1.90. The summed E-state index contributed by atoms with van der Waals surface area (Å²) < 4.78 is 7.23. The minimum absolute atomic E-state index is 0.0927. The Labute approximate surface area is 145 Å². The fourth-order valence-electron chi connectivity index (χ4n) is 3.05. The summed E-state index contributed by atoms with van der Waals surface area (Å²) in [6.45, 7) is 15.0. The second-order valence-electron chi connectivity index (χ2n) is 6.77. The molecule has 1 saturated heterocycles. The van der Waals surface area contributed by atoms with E-state index in [0.717, 1.165) is 70.3 Å². The molecule has 0 bridgehead atoms. The van der Waals surface area contributed by atoms with Crippen LogP contribution in [0.3, 0.4) is 0 Å². The van der Waals surface area contributed by atoms with Crippen molar-refractivity contribution in [1.82, 2.24) is 19.6 Å². The number of hydrogen-bond acceptors (Lipinski definition) is 4. The van der Waals surface area contributed by atoms with Crippen LogP contribution in [0.2, 0.25) is 0 Å². The Morgan fingerprint density at radius 1 is 1.33 bits per heavy atom. The van der Waals surface area contributed by atoms with Gasteiger partial charge in [0.25, 0.3) is 5.91 Å². The van der Waals surface area contributed by atoms with Gasteiger partial charge in [-0.05, 0) is 32.3 Å². The average molecular weight is 336 g/mol. The van der Waals surface area contributed by atoms with Crippen molar-refractivity contribution in [3.05, 3.63) is 17.5 Å². The number of hydrogen-bond donors (Lipinski definition) is 0. The summed E-state index contributed by atoms with van der Waals surface area (Å²) in [4.78, 5) is 17.2. The lowest BCUT2D eigenvalue weighted by Crippen LogP contribution is -2.43. The van der Waals surface area contributed by atoms with E-state index >= 15 is 0 Å². The molecule has 0 saturated carbocycles. The normalized spacial score (nSPS) is 15.9. The number of nitrogens with zero attached hydrogens (tertiary/aromatic N) is 4. The highest BCUT2D eigenvalue weighted by Crippen LogP contribution is 2.12. The molecule has 6 heteroatoms. The van der Waals surface area contributed by atoms with E-state index in [9.17, 15) is 4.79 Å². The molecular weight excluding hydrogens is 304 g/mol. The zero-order chi connectivity index (χ0) is 17.5. The van der Waals surface area contributed by atoms with Crippen LogP contribution in [0.25, 0.3) is 0 Å². The maximum atomic E-state index is 12.9. The number of aromatic nitrogens is 2. The summed E-state index contributed by atoms with van der Waals surface area (Å²) in [5.74, 6) is 0.631. The molecule has 0 aliphatic carbocycles. The average Bonchev–Trinajstić information content (AvgIpc) is 2.98. The van der Waals surface area contributed by atoms with Gasteiger partial charge in [-0.15, -0.1) is 0 Å². The van der Waals surface area contributed by atoms with Gasteiger partial charge < -0.3 is 9.64 Å². The van der Waals surface area contributed by atoms with Gasteiger partial charge in [0.2, 0.25) is 0 Å². The van der Waals surface area contributed by atoms with Gasteiger partial charge in [-0.1, -0.05) is 13.8 Å². The Balaban J connectivity index is 2.02. The van der Waals surface area contributed by atoms with E-state index in [-0.39, 0.29) is 5.91 Å². The van der Waals surface area contributed by atoms with E-state index in [1.807, 2.05) is 29.5 Å². The van der Waals surface area contributed by atoms with Crippen LogP contribution in [0.5, 0.6) is 0 Å². The highest BCUT2D eigenvalue weighted by Gasteiger charge is 2.21. The number of aryl methyl sites for hydroxylation is 1. The van der Waals surface area contributed by atoms with Gasteiger partial charge in [0, 0.05) is 39.3 Å². The molecule has 2 heterocycles. The first-order chi connectivity index (χ1) is 11.5. The molecule has 0 spiro atoms. The van der Waals surface area contributed by atoms with E-state index in [4.69, 9.17) is 4.74 Å². The number of rotatable bonds is 8. The first kappa shape index (κ1) is 18.9. The third kappa shape index (κ3) is 5.05. The molecule has 1 aliphatic heterocycles. The first-order valence-corrected chi connectivity index (χ1v) is 9.21. The van der Waals surface area contributed by atoms with Gasteiger partial charge in [0.1, 0.15) is 5.69 Å². The molecule has 0 radical (unpaired) electrons. The fourth-order valence-corrected chi connectivity index (χ4v) is 3.05. The van der Waals surface area contributed by atoms with E-state index in [0.29, 0.717) is 5.92 Å². The lowest BCUT2D eigenvalue weighted by molar-refractivity contribution is 0.0326. The number of carbonyl (C=O) groups excluding carboxylic acids is 1. The van der Waals surface area contributed by atoms with Crippen LogP contribution >= 0.6 is 0 Å². The molecule has 0 N–H and O–H groups in total.